The summed E-state index contributed by atoms with van der Waals surface area (Å²) in [6, 6.07) is 30.0. The van der Waals surface area contributed by atoms with E-state index in [1.807, 2.05) is 6.07 Å². The molecule has 0 saturated heterocycles. The van der Waals surface area contributed by atoms with E-state index in [0.29, 0.717) is 23.7 Å². The molecule has 15 heteroatoms. The molecule has 0 unspecified atom stereocenters. The summed E-state index contributed by atoms with van der Waals surface area (Å²) >= 11 is 0. The molecular weight excluding hydrogens is 1040 g/mol. The Morgan fingerprint density at radius 2 is 0.885 bits per heavy atom. The predicted octanol–water partition coefficient (Wildman–Crippen LogP) is 18.3. The second kappa shape index (κ2) is 32.6. The molecule has 0 saturated carbocycles. The minimum absolute atomic E-state index is 0.0221. The van der Waals surface area contributed by atoms with E-state index in [9.17, 15) is 23.2 Å². The van der Waals surface area contributed by atoms with Crippen molar-refractivity contribution in [2.45, 2.75) is 181 Å². The average Bonchev–Trinajstić information content (AvgIpc) is 3.40. The maximum absolute atomic E-state index is 15.0. The van der Waals surface area contributed by atoms with Crippen molar-refractivity contribution in [3.05, 3.63) is 138 Å². The number of hydrogen-bond donors (Lipinski definition) is 0. The lowest BCUT2D eigenvalue weighted by atomic mass is 10.1. The smallest absolute Gasteiger partial charge is 0.346 e. The maximum Gasteiger partial charge on any atom is 0.346 e. The van der Waals surface area contributed by atoms with Gasteiger partial charge in [-0.25, -0.2) is 18.8 Å². The Bertz CT molecular complexity index is 2600. The number of rotatable bonds is 36. The molecule has 0 heterocycles. The van der Waals surface area contributed by atoms with Crippen LogP contribution in [0.1, 0.15) is 160 Å². The highest BCUT2D eigenvalue weighted by Gasteiger charge is 2.37. The van der Waals surface area contributed by atoms with Gasteiger partial charge in [-0.05, 0) is 161 Å². The Kier molecular flexibility index (Phi) is 26.5. The molecule has 0 spiro atoms. The summed E-state index contributed by atoms with van der Waals surface area (Å²) in [4.78, 5) is 38.9. The highest BCUT2D eigenvalue weighted by molar-refractivity contribution is 6.87. The van der Waals surface area contributed by atoms with Gasteiger partial charge in [0.15, 0.2) is 28.2 Å². The fraction of sp³-hybridized carbons (Fsp3) is 0.476. The standard InChI is InChI=1S/C63H86F2O10Si3/c1-9-10-11-12-13-14-16-20-23-26-46-70-58-44-43-57(59(64)60(58)65)63(68)72-55-41-35-51(36-42-55)62(67)73-56-30-28-29-52(48-56)49-31-39-54(40-32-49)71-61(66)50-33-37-53(38-34-50)69-45-25-22-19-17-15-18-21-24-27-47-77(5,6)75-78(7,8)74-76(2,3)4/h28-44,48H,9-27,45-47H2,1-8H3. The summed E-state index contributed by atoms with van der Waals surface area (Å²) in [6.45, 7) is 18.9. The summed E-state index contributed by atoms with van der Waals surface area (Å²) < 4.78 is 70.9. The lowest BCUT2D eigenvalue weighted by Gasteiger charge is -2.37. The van der Waals surface area contributed by atoms with E-state index < -0.39 is 60.3 Å². The minimum Gasteiger partial charge on any atom is -0.494 e. The first kappa shape index (κ1) is 63.4. The van der Waals surface area contributed by atoms with E-state index in [1.54, 1.807) is 66.7 Å². The van der Waals surface area contributed by atoms with Crippen molar-refractivity contribution in [3.63, 3.8) is 0 Å². The molecule has 0 radical (unpaired) electrons. The largest absolute Gasteiger partial charge is 0.494 e. The van der Waals surface area contributed by atoms with Crippen LogP contribution in [0.25, 0.3) is 11.1 Å². The predicted molar refractivity (Wildman–Crippen MR) is 316 cm³/mol. The third-order valence-corrected chi connectivity index (χ3v) is 23.3. The Balaban J connectivity index is 0.954. The topological polar surface area (TPSA) is 116 Å². The van der Waals surface area contributed by atoms with Crippen LogP contribution in [-0.2, 0) is 8.23 Å². The van der Waals surface area contributed by atoms with Gasteiger partial charge in [0.05, 0.1) is 29.9 Å². The Morgan fingerprint density at radius 1 is 0.423 bits per heavy atom. The summed E-state index contributed by atoms with van der Waals surface area (Å²) in [5, 5.41) is 0. The van der Waals surface area contributed by atoms with Gasteiger partial charge < -0.3 is 31.9 Å². The Hall–Kier alpha value is -5.46. The molecule has 5 aromatic rings. The highest BCUT2D eigenvalue weighted by Crippen LogP contribution is 2.30. The van der Waals surface area contributed by atoms with Gasteiger partial charge in [0, 0.05) is 0 Å². The van der Waals surface area contributed by atoms with Gasteiger partial charge in [0.25, 0.3) is 0 Å². The molecule has 0 N–H and O–H groups in total. The zero-order valence-electron chi connectivity index (χ0n) is 47.8. The van der Waals surface area contributed by atoms with Crippen molar-refractivity contribution in [1.29, 1.82) is 0 Å². The zero-order valence-corrected chi connectivity index (χ0v) is 50.8. The molecule has 78 heavy (non-hydrogen) atoms. The number of carbonyl (C=O) groups excluding carboxylic acids is 3. The summed E-state index contributed by atoms with van der Waals surface area (Å²) in [7, 11) is -5.39. The molecule has 5 rings (SSSR count). The fourth-order valence-electron chi connectivity index (χ4n) is 9.42. The van der Waals surface area contributed by atoms with E-state index in [0.717, 1.165) is 55.7 Å². The lowest BCUT2D eigenvalue weighted by Crippen LogP contribution is -2.51. The lowest BCUT2D eigenvalue weighted by molar-refractivity contribution is 0.0721. The van der Waals surface area contributed by atoms with E-state index in [1.165, 1.54) is 120 Å². The van der Waals surface area contributed by atoms with Crippen molar-refractivity contribution in [1.82, 2.24) is 0 Å². The molecule has 0 fully saturated rings. The maximum atomic E-state index is 15.0. The summed E-state index contributed by atoms with van der Waals surface area (Å²) in [5.74, 6) is -3.73. The van der Waals surface area contributed by atoms with Gasteiger partial charge in [-0.1, -0.05) is 140 Å². The van der Waals surface area contributed by atoms with Crippen molar-refractivity contribution in [2.24, 2.45) is 0 Å². The quantitative estimate of drug-likeness (QED) is 0.0166. The van der Waals surface area contributed by atoms with Crippen LogP contribution in [0.2, 0.25) is 51.9 Å². The average molecular weight is 1130 g/mol. The summed E-state index contributed by atoms with van der Waals surface area (Å²) in [5.41, 5.74) is 1.55. The number of halogens is 2. The summed E-state index contributed by atoms with van der Waals surface area (Å²) in [6.07, 6.45) is 22.4. The van der Waals surface area contributed by atoms with Crippen LogP contribution in [0.3, 0.4) is 0 Å². The third kappa shape index (κ3) is 23.5. The molecule has 0 aliphatic carbocycles. The van der Waals surface area contributed by atoms with Crippen molar-refractivity contribution in [3.8, 4) is 39.9 Å². The van der Waals surface area contributed by atoms with Gasteiger partial charge in [-0.15, -0.1) is 0 Å². The van der Waals surface area contributed by atoms with Crippen LogP contribution in [-0.4, -0.2) is 56.3 Å². The second-order valence-electron chi connectivity index (χ2n) is 22.3. The van der Waals surface area contributed by atoms with Crippen molar-refractivity contribution >= 4 is 43.1 Å². The van der Waals surface area contributed by atoms with Crippen LogP contribution in [0.4, 0.5) is 8.78 Å². The third-order valence-electron chi connectivity index (χ3n) is 13.1. The SMILES string of the molecule is CCCCCCCCCCCCOc1ccc(C(=O)Oc2ccc(C(=O)Oc3cccc(-c4ccc(OC(=O)c5ccc(OCCCCCCCCCCC[Si](C)(C)O[Si](C)(C)O[Si](C)(C)C)cc5)cc4)c3)cc2)c(F)c1F. The van der Waals surface area contributed by atoms with Crippen molar-refractivity contribution < 1.29 is 55.1 Å². The van der Waals surface area contributed by atoms with Gasteiger partial charge in [0.2, 0.25) is 5.82 Å². The van der Waals surface area contributed by atoms with Crippen LogP contribution < -0.4 is 23.7 Å². The van der Waals surface area contributed by atoms with E-state index in [-0.39, 0.29) is 29.4 Å². The van der Waals surface area contributed by atoms with Crippen LogP contribution >= 0.6 is 0 Å². The van der Waals surface area contributed by atoms with Gasteiger partial charge in [-0.2, -0.15) is 4.39 Å². The van der Waals surface area contributed by atoms with Crippen molar-refractivity contribution in [2.75, 3.05) is 13.2 Å². The van der Waals surface area contributed by atoms with E-state index in [4.69, 9.17) is 31.9 Å². The van der Waals surface area contributed by atoms with Gasteiger partial charge >= 0.3 is 26.5 Å². The molecule has 424 valence electrons. The molecule has 0 aliphatic heterocycles. The monoisotopic (exact) mass is 1120 g/mol. The van der Waals surface area contributed by atoms with E-state index in [2.05, 4.69) is 52.8 Å². The first-order valence-corrected chi connectivity index (χ1v) is 37.9. The Labute approximate surface area is 467 Å². The van der Waals surface area contributed by atoms with Gasteiger partial charge in [0.1, 0.15) is 23.0 Å². The molecule has 0 aromatic heterocycles. The first-order valence-electron chi connectivity index (χ1n) is 28.5. The molecule has 0 aliphatic rings. The van der Waals surface area contributed by atoms with E-state index >= 15 is 0 Å². The zero-order chi connectivity index (χ0) is 56.4. The number of ether oxygens (including phenoxy) is 5. The molecular formula is C63H86F2O10Si3. The Morgan fingerprint density at radius 3 is 1.42 bits per heavy atom. The normalized spacial score (nSPS) is 11.8. The molecule has 5 aromatic carbocycles. The number of unbranched alkanes of at least 4 members (excludes halogenated alkanes) is 17. The first-order chi connectivity index (χ1) is 37.3. The van der Waals surface area contributed by atoms with Crippen LogP contribution in [0.5, 0.6) is 28.7 Å². The van der Waals surface area contributed by atoms with Crippen LogP contribution in [0.15, 0.2) is 109 Å². The highest BCUT2D eigenvalue weighted by atomic mass is 28.5. The fourth-order valence-corrected chi connectivity index (χ4v) is 22.7. The van der Waals surface area contributed by atoms with Crippen LogP contribution in [0, 0.1) is 11.6 Å². The second-order valence-corrected chi connectivity index (χ2v) is 35.0. The molecule has 0 atom stereocenters. The number of benzene rings is 5. The number of esters is 3. The van der Waals surface area contributed by atoms with Gasteiger partial charge in [-0.3, -0.25) is 0 Å². The molecule has 0 amide bonds. The minimum atomic E-state index is -2.07. The molecule has 0 bridgehead atoms. The number of carbonyl (C=O) groups is 3. The number of hydrogen-bond acceptors (Lipinski definition) is 10. The molecule has 10 nitrogen and oxygen atoms in total.